The molecule has 6 nitrogen and oxygen atoms in total. The van der Waals surface area contributed by atoms with Gasteiger partial charge in [-0.25, -0.2) is 0 Å². The molecule has 2 N–H and O–H groups in total. The zero-order chi connectivity index (χ0) is 20.5. The van der Waals surface area contributed by atoms with Crippen LogP contribution >= 0.6 is 0 Å². The van der Waals surface area contributed by atoms with Crippen LogP contribution in [-0.4, -0.2) is 24.4 Å². The van der Waals surface area contributed by atoms with Gasteiger partial charge in [0.05, 0.1) is 17.7 Å². The number of rotatable bonds is 8. The second-order valence-electron chi connectivity index (χ2n) is 6.89. The molecule has 1 atom stereocenters. The van der Waals surface area contributed by atoms with Crippen molar-refractivity contribution in [3.05, 3.63) is 77.9 Å². The van der Waals surface area contributed by atoms with E-state index in [1.54, 1.807) is 24.3 Å². The summed E-state index contributed by atoms with van der Waals surface area (Å²) in [6.07, 6.45) is 6.24. The molecule has 0 fully saturated rings. The van der Waals surface area contributed by atoms with Gasteiger partial charge >= 0.3 is 5.97 Å². The molecule has 1 aliphatic carbocycles. The van der Waals surface area contributed by atoms with E-state index in [0.717, 1.165) is 18.4 Å². The van der Waals surface area contributed by atoms with Crippen LogP contribution in [0.25, 0.3) is 0 Å². The molecule has 2 aromatic carbocycles. The van der Waals surface area contributed by atoms with Gasteiger partial charge in [0, 0.05) is 6.54 Å². The number of hydrogen-bond acceptors (Lipinski definition) is 4. The summed E-state index contributed by atoms with van der Waals surface area (Å²) in [6.45, 7) is 0.00438. The van der Waals surface area contributed by atoms with Gasteiger partial charge in [-0.15, -0.1) is 0 Å². The predicted molar refractivity (Wildman–Crippen MR) is 110 cm³/mol. The van der Waals surface area contributed by atoms with Crippen LogP contribution in [-0.2, 0) is 20.9 Å². The van der Waals surface area contributed by atoms with E-state index >= 15 is 0 Å². The van der Waals surface area contributed by atoms with Crippen molar-refractivity contribution in [2.24, 2.45) is 5.92 Å². The third-order valence-corrected chi connectivity index (χ3v) is 4.65. The van der Waals surface area contributed by atoms with E-state index in [1.807, 2.05) is 42.5 Å². The second-order valence-corrected chi connectivity index (χ2v) is 6.89. The highest BCUT2D eigenvalue weighted by Gasteiger charge is 2.17. The minimum atomic E-state index is -0.483. The van der Waals surface area contributed by atoms with Crippen LogP contribution in [0, 0.1) is 5.92 Å². The molecule has 150 valence electrons. The molecule has 0 heterocycles. The maximum absolute atomic E-state index is 12.5. The molecule has 0 saturated heterocycles. The van der Waals surface area contributed by atoms with E-state index in [-0.39, 0.29) is 24.9 Å². The Labute approximate surface area is 170 Å². The van der Waals surface area contributed by atoms with Gasteiger partial charge in [-0.3, -0.25) is 14.4 Å². The predicted octanol–water partition coefficient (Wildman–Crippen LogP) is 3.45. The van der Waals surface area contributed by atoms with Gasteiger partial charge in [-0.1, -0.05) is 54.6 Å². The van der Waals surface area contributed by atoms with Crippen molar-refractivity contribution in [2.75, 3.05) is 11.9 Å². The van der Waals surface area contributed by atoms with Crippen molar-refractivity contribution >= 4 is 23.5 Å². The number of ether oxygens (including phenoxy) is 1. The standard InChI is InChI=1S/C23H24N2O4/c26-21(16-29-22(27)14-17-8-4-5-9-17)25-20-13-7-6-12-19(20)23(28)24-15-18-10-2-1-3-11-18/h1-4,6-8,10-13,17H,5,9,14-16H2,(H,24,28)(H,25,26)/t17-/m0/s1. The number of hydrogen-bond donors (Lipinski definition) is 2. The van der Waals surface area contributed by atoms with E-state index in [1.165, 1.54) is 0 Å². The number of esters is 1. The molecule has 0 unspecified atom stereocenters. The van der Waals surface area contributed by atoms with Crippen LogP contribution in [0.1, 0.15) is 35.2 Å². The van der Waals surface area contributed by atoms with E-state index in [4.69, 9.17) is 4.74 Å². The minimum Gasteiger partial charge on any atom is -0.456 e. The summed E-state index contributed by atoms with van der Waals surface area (Å²) in [5, 5.41) is 5.49. The fourth-order valence-corrected chi connectivity index (χ4v) is 3.13. The first-order valence-corrected chi connectivity index (χ1v) is 9.65. The molecule has 0 bridgehead atoms. The highest BCUT2D eigenvalue weighted by molar-refractivity contribution is 6.04. The number of carbonyl (C=O) groups is 3. The molecule has 1 aliphatic rings. The van der Waals surface area contributed by atoms with Crippen molar-refractivity contribution in [3.8, 4) is 0 Å². The number of carbonyl (C=O) groups excluding carboxylic acids is 3. The lowest BCUT2D eigenvalue weighted by atomic mass is 10.1. The highest BCUT2D eigenvalue weighted by Crippen LogP contribution is 2.20. The van der Waals surface area contributed by atoms with Crippen LogP contribution in [0.2, 0.25) is 0 Å². The average molecular weight is 392 g/mol. The van der Waals surface area contributed by atoms with Gasteiger partial charge in [0.15, 0.2) is 6.61 Å². The van der Waals surface area contributed by atoms with Crippen molar-refractivity contribution < 1.29 is 19.1 Å². The number of para-hydroxylation sites is 1. The van der Waals surface area contributed by atoms with Crippen molar-refractivity contribution in [1.82, 2.24) is 5.32 Å². The first-order chi connectivity index (χ1) is 14.1. The first-order valence-electron chi connectivity index (χ1n) is 9.65. The van der Waals surface area contributed by atoms with Crippen LogP contribution in [0.15, 0.2) is 66.7 Å². The van der Waals surface area contributed by atoms with E-state index < -0.39 is 11.9 Å². The Bertz CT molecular complexity index is 893. The number of nitrogens with one attached hydrogen (secondary N) is 2. The van der Waals surface area contributed by atoms with Crippen LogP contribution in [0.4, 0.5) is 5.69 Å². The third-order valence-electron chi connectivity index (χ3n) is 4.65. The smallest absolute Gasteiger partial charge is 0.306 e. The highest BCUT2D eigenvalue weighted by atomic mass is 16.5. The first kappa shape index (κ1) is 20.3. The quantitative estimate of drug-likeness (QED) is 0.532. The molecule has 3 rings (SSSR count). The summed E-state index contributed by atoms with van der Waals surface area (Å²) in [7, 11) is 0. The summed E-state index contributed by atoms with van der Waals surface area (Å²) in [4.78, 5) is 36.6. The number of allylic oxidation sites excluding steroid dienone is 2. The average Bonchev–Trinajstić information content (AvgIpc) is 3.24. The Morgan fingerprint density at radius 3 is 2.52 bits per heavy atom. The van der Waals surface area contributed by atoms with Gasteiger partial charge in [0.1, 0.15) is 0 Å². The number of benzene rings is 2. The SMILES string of the molecule is O=C(COC(=O)C[C@H]1C=CCC1)Nc1ccccc1C(=O)NCc1ccccc1. The summed E-state index contributed by atoms with van der Waals surface area (Å²) < 4.78 is 5.06. The zero-order valence-corrected chi connectivity index (χ0v) is 16.1. The summed E-state index contributed by atoms with van der Waals surface area (Å²) >= 11 is 0. The number of anilines is 1. The topological polar surface area (TPSA) is 84.5 Å². The monoisotopic (exact) mass is 392 g/mol. The molecule has 2 aromatic rings. The lowest BCUT2D eigenvalue weighted by Crippen LogP contribution is -2.26. The lowest BCUT2D eigenvalue weighted by Gasteiger charge is -2.12. The van der Waals surface area contributed by atoms with Gasteiger partial charge in [0.25, 0.3) is 11.8 Å². The van der Waals surface area contributed by atoms with E-state index in [2.05, 4.69) is 10.6 Å². The molecule has 29 heavy (non-hydrogen) atoms. The zero-order valence-electron chi connectivity index (χ0n) is 16.1. The molecule has 0 spiro atoms. The van der Waals surface area contributed by atoms with Crippen LogP contribution in [0.5, 0.6) is 0 Å². The lowest BCUT2D eigenvalue weighted by molar-refractivity contribution is -0.147. The molecule has 2 amide bonds. The summed E-state index contributed by atoms with van der Waals surface area (Å²) in [6, 6.07) is 16.3. The molecular formula is C23H24N2O4. The Hall–Kier alpha value is -3.41. The fraction of sp³-hybridized carbons (Fsp3) is 0.261. The van der Waals surface area contributed by atoms with Crippen LogP contribution < -0.4 is 10.6 Å². The van der Waals surface area contributed by atoms with E-state index in [0.29, 0.717) is 17.8 Å². The fourth-order valence-electron chi connectivity index (χ4n) is 3.13. The van der Waals surface area contributed by atoms with Gasteiger partial charge < -0.3 is 15.4 Å². The molecule has 0 aliphatic heterocycles. The largest absolute Gasteiger partial charge is 0.456 e. The summed E-state index contributed by atoms with van der Waals surface area (Å²) in [5.41, 5.74) is 1.70. The molecule has 0 aromatic heterocycles. The van der Waals surface area contributed by atoms with Gasteiger partial charge in [0.2, 0.25) is 0 Å². The molecule has 0 saturated carbocycles. The summed E-state index contributed by atoms with van der Waals surface area (Å²) in [5.74, 6) is -0.983. The maximum Gasteiger partial charge on any atom is 0.306 e. The maximum atomic E-state index is 12.5. The second kappa shape index (κ2) is 10.2. The third kappa shape index (κ3) is 6.31. The van der Waals surface area contributed by atoms with E-state index in [9.17, 15) is 14.4 Å². The van der Waals surface area contributed by atoms with Gasteiger partial charge in [-0.05, 0) is 36.5 Å². The van der Waals surface area contributed by atoms with Gasteiger partial charge in [-0.2, -0.15) is 0 Å². The van der Waals surface area contributed by atoms with Crippen LogP contribution in [0.3, 0.4) is 0 Å². The molecular weight excluding hydrogens is 368 g/mol. The Balaban J connectivity index is 1.51. The molecule has 6 heteroatoms. The number of amides is 2. The van der Waals surface area contributed by atoms with Crippen molar-refractivity contribution in [2.45, 2.75) is 25.8 Å². The Morgan fingerprint density at radius 1 is 1.00 bits per heavy atom. The normalized spacial score (nSPS) is 15.0. The minimum absolute atomic E-state index is 0.194. The van der Waals surface area contributed by atoms with Crippen molar-refractivity contribution in [3.63, 3.8) is 0 Å². The Morgan fingerprint density at radius 2 is 1.76 bits per heavy atom. The molecule has 0 radical (unpaired) electrons. The Kier molecular flexibility index (Phi) is 7.16. The van der Waals surface area contributed by atoms with Crippen molar-refractivity contribution in [1.29, 1.82) is 0 Å².